The van der Waals surface area contributed by atoms with E-state index >= 15 is 0 Å². The van der Waals surface area contributed by atoms with Crippen molar-refractivity contribution in [2.45, 2.75) is 40.2 Å². The summed E-state index contributed by atoms with van der Waals surface area (Å²) in [6.45, 7) is 10.3. The van der Waals surface area contributed by atoms with Crippen LogP contribution in [-0.4, -0.2) is 16.9 Å². The van der Waals surface area contributed by atoms with E-state index in [4.69, 9.17) is 0 Å². The van der Waals surface area contributed by atoms with E-state index in [0.29, 0.717) is 14.3 Å². The highest BCUT2D eigenvalue weighted by molar-refractivity contribution is 7.56. The van der Waals surface area contributed by atoms with Crippen LogP contribution in [0.15, 0.2) is 41.4 Å². The fourth-order valence-electron chi connectivity index (χ4n) is 2.13. The summed E-state index contributed by atoms with van der Waals surface area (Å²) in [6, 6.07) is 12.2. The molecule has 1 atom stereocenters. The van der Waals surface area contributed by atoms with Crippen LogP contribution in [-0.2, 0) is 0 Å². The fourth-order valence-corrected chi connectivity index (χ4v) is 3.46. The number of hydrogen-bond donors (Lipinski definition) is 1. The molecule has 2 nitrogen and oxygen atoms in total. The molecule has 22 heavy (non-hydrogen) atoms. The lowest BCUT2D eigenvalue weighted by atomic mass is 10.1. The van der Waals surface area contributed by atoms with Crippen LogP contribution in [0, 0.1) is 13.8 Å². The summed E-state index contributed by atoms with van der Waals surface area (Å²) in [7, 11) is 0.422. The van der Waals surface area contributed by atoms with Crippen LogP contribution in [0.25, 0.3) is 0 Å². The molecule has 0 aliphatic carbocycles. The average molecular weight is 313 g/mol. The zero-order valence-electron chi connectivity index (χ0n) is 13.9. The molecule has 0 fully saturated rings. The van der Waals surface area contributed by atoms with Gasteiger partial charge in [-0.1, -0.05) is 45.0 Å². The van der Waals surface area contributed by atoms with Gasteiger partial charge in [0.05, 0.1) is 5.54 Å². The van der Waals surface area contributed by atoms with Gasteiger partial charge in [-0.2, -0.15) is 0 Å². The first-order valence-electron chi connectivity index (χ1n) is 7.48. The van der Waals surface area contributed by atoms with Gasteiger partial charge in [0, 0.05) is 17.1 Å². The molecule has 0 heterocycles. The maximum atomic E-state index is 10.3. The Balaban J connectivity index is 2.42. The van der Waals surface area contributed by atoms with Crippen molar-refractivity contribution in [3.63, 3.8) is 0 Å². The summed E-state index contributed by atoms with van der Waals surface area (Å²) in [4.78, 5) is 4.63. The Labute approximate surface area is 135 Å². The molecule has 2 rings (SSSR count). The summed E-state index contributed by atoms with van der Waals surface area (Å²) in [5.74, 6) is 0.405. The van der Waals surface area contributed by atoms with E-state index in [0.717, 1.165) is 16.4 Å². The van der Waals surface area contributed by atoms with Crippen molar-refractivity contribution in [2.75, 3.05) is 0 Å². The Bertz CT molecular complexity index is 699. The minimum Gasteiger partial charge on any atom is -0.507 e. The van der Waals surface area contributed by atoms with Gasteiger partial charge in [0.1, 0.15) is 5.75 Å². The van der Waals surface area contributed by atoms with Crippen molar-refractivity contribution in [3.05, 3.63) is 53.1 Å². The van der Waals surface area contributed by atoms with Crippen LogP contribution < -0.4 is 10.6 Å². The number of nitrogens with zero attached hydrogens (tertiary/aromatic N) is 1. The lowest BCUT2D eigenvalue weighted by molar-refractivity contribution is 0.475. The van der Waals surface area contributed by atoms with Gasteiger partial charge in [0.15, 0.2) is 0 Å². The fraction of sp³-hybridized carbons (Fsp3) is 0.316. The molecule has 0 radical (unpaired) electrons. The molecule has 0 saturated carbocycles. The van der Waals surface area contributed by atoms with Crippen LogP contribution in [0.2, 0.25) is 0 Å². The molecule has 0 saturated heterocycles. The molecular weight excluding hydrogens is 289 g/mol. The smallest absolute Gasteiger partial charge is 0.126 e. The van der Waals surface area contributed by atoms with Gasteiger partial charge in [-0.3, -0.25) is 4.99 Å². The number of phenolic OH excluding ortho intramolecular Hbond substituents is 1. The van der Waals surface area contributed by atoms with E-state index in [9.17, 15) is 5.11 Å². The molecule has 2 aromatic rings. The predicted molar refractivity (Wildman–Crippen MR) is 99.0 cm³/mol. The number of aromatic hydroxyl groups is 1. The number of phenols is 1. The maximum Gasteiger partial charge on any atom is 0.126 e. The SMILES string of the molecule is Cc1cccc(Pc2c(C)cccc2C=NC(C)(C)C)c1O. The third-order valence-corrected chi connectivity index (χ3v) is 5.00. The van der Waals surface area contributed by atoms with Gasteiger partial charge in [0.2, 0.25) is 0 Å². The second-order valence-corrected chi connectivity index (χ2v) is 7.85. The summed E-state index contributed by atoms with van der Waals surface area (Å²) in [5, 5.41) is 12.5. The molecule has 1 N–H and O–H groups in total. The first-order chi connectivity index (χ1) is 10.3. The van der Waals surface area contributed by atoms with E-state index in [1.165, 1.54) is 10.9 Å². The minimum absolute atomic E-state index is 0.0877. The molecule has 3 heteroatoms. The van der Waals surface area contributed by atoms with Crippen molar-refractivity contribution in [2.24, 2.45) is 4.99 Å². The highest BCUT2D eigenvalue weighted by Crippen LogP contribution is 2.24. The molecule has 0 bridgehead atoms. The van der Waals surface area contributed by atoms with E-state index in [1.54, 1.807) is 0 Å². The average Bonchev–Trinajstić information content (AvgIpc) is 2.43. The van der Waals surface area contributed by atoms with Crippen LogP contribution in [0.4, 0.5) is 0 Å². The number of para-hydroxylation sites is 1. The van der Waals surface area contributed by atoms with Gasteiger partial charge in [-0.15, -0.1) is 0 Å². The second kappa shape index (κ2) is 6.62. The van der Waals surface area contributed by atoms with Crippen molar-refractivity contribution in [1.82, 2.24) is 0 Å². The summed E-state index contributed by atoms with van der Waals surface area (Å²) in [6.07, 6.45) is 1.96. The van der Waals surface area contributed by atoms with Crippen LogP contribution in [0.1, 0.15) is 37.5 Å². The number of hydrogen-bond acceptors (Lipinski definition) is 2. The standard InChI is InChI=1S/C19H24NOP/c1-13-8-7-11-16(17(13)21)22-18-14(2)9-6-10-15(18)12-20-19(3,4)5/h6-12,21-22H,1-5H3. The summed E-state index contributed by atoms with van der Waals surface area (Å²) >= 11 is 0. The van der Waals surface area contributed by atoms with E-state index in [2.05, 4.69) is 50.9 Å². The van der Waals surface area contributed by atoms with Crippen molar-refractivity contribution in [3.8, 4) is 5.75 Å². The molecule has 2 aromatic carbocycles. The third-order valence-electron chi connectivity index (χ3n) is 3.39. The molecule has 0 aliphatic heterocycles. The van der Waals surface area contributed by atoms with E-state index in [-0.39, 0.29) is 5.54 Å². The highest BCUT2D eigenvalue weighted by atomic mass is 31.1. The van der Waals surface area contributed by atoms with Gasteiger partial charge in [0.25, 0.3) is 0 Å². The molecule has 0 aliphatic rings. The molecule has 0 amide bonds. The largest absolute Gasteiger partial charge is 0.507 e. The number of aryl methyl sites for hydroxylation is 2. The van der Waals surface area contributed by atoms with Gasteiger partial charge in [-0.05, 0) is 51.1 Å². The number of rotatable bonds is 3. The number of benzene rings is 2. The quantitative estimate of drug-likeness (QED) is 0.677. The normalized spacial score (nSPS) is 12.6. The third kappa shape index (κ3) is 4.18. The number of aliphatic imine (C=N–C) groups is 1. The van der Waals surface area contributed by atoms with Crippen molar-refractivity contribution < 1.29 is 5.11 Å². The second-order valence-electron chi connectivity index (χ2n) is 6.56. The zero-order chi connectivity index (χ0) is 16.3. The van der Waals surface area contributed by atoms with Gasteiger partial charge in [-0.25, -0.2) is 0 Å². The monoisotopic (exact) mass is 313 g/mol. The minimum atomic E-state index is -0.0877. The Morgan fingerprint density at radius 3 is 2.32 bits per heavy atom. The van der Waals surface area contributed by atoms with Crippen LogP contribution in [0.5, 0.6) is 5.75 Å². The van der Waals surface area contributed by atoms with E-state index < -0.39 is 0 Å². The van der Waals surface area contributed by atoms with Gasteiger partial charge < -0.3 is 5.11 Å². The molecule has 1 unspecified atom stereocenters. The van der Waals surface area contributed by atoms with Crippen molar-refractivity contribution >= 4 is 25.4 Å². The summed E-state index contributed by atoms with van der Waals surface area (Å²) in [5.41, 5.74) is 3.20. The highest BCUT2D eigenvalue weighted by Gasteiger charge is 2.11. The van der Waals surface area contributed by atoms with Crippen LogP contribution in [0.3, 0.4) is 0 Å². The predicted octanol–water partition coefficient (Wildman–Crippen LogP) is 3.86. The summed E-state index contributed by atoms with van der Waals surface area (Å²) < 4.78 is 0. The Morgan fingerprint density at radius 2 is 1.64 bits per heavy atom. The van der Waals surface area contributed by atoms with Crippen LogP contribution >= 0.6 is 8.58 Å². The zero-order valence-corrected chi connectivity index (χ0v) is 14.9. The Morgan fingerprint density at radius 1 is 1.00 bits per heavy atom. The molecule has 0 aromatic heterocycles. The first-order valence-corrected chi connectivity index (χ1v) is 8.48. The van der Waals surface area contributed by atoms with E-state index in [1.807, 2.05) is 31.3 Å². The van der Waals surface area contributed by atoms with Gasteiger partial charge >= 0.3 is 0 Å². The van der Waals surface area contributed by atoms with Crippen molar-refractivity contribution in [1.29, 1.82) is 0 Å². The Kier molecular flexibility index (Phi) is 5.03. The topological polar surface area (TPSA) is 32.6 Å². The molecular formula is C19H24NOP. The molecule has 116 valence electrons. The Hall–Kier alpha value is -1.66. The lowest BCUT2D eigenvalue weighted by Crippen LogP contribution is -2.15. The molecule has 0 spiro atoms. The first kappa shape index (κ1) is 16.7. The maximum absolute atomic E-state index is 10.3. The lowest BCUT2D eigenvalue weighted by Gasteiger charge is -2.14.